The summed E-state index contributed by atoms with van der Waals surface area (Å²) in [6.45, 7) is 3.86. The number of benzene rings is 1. The molecule has 1 unspecified atom stereocenters. The normalized spacial score (nSPS) is 11.8. The molecule has 1 heterocycles. The van der Waals surface area contributed by atoms with Gasteiger partial charge in [-0.2, -0.15) is 5.26 Å². The lowest BCUT2D eigenvalue weighted by atomic mass is 9.98. The second-order valence-corrected chi connectivity index (χ2v) is 4.90. The maximum absolute atomic E-state index is 8.97. The van der Waals surface area contributed by atoms with Crippen LogP contribution in [0.2, 0.25) is 0 Å². The maximum Gasteiger partial charge on any atom is 0.144 e. The summed E-state index contributed by atoms with van der Waals surface area (Å²) in [6.07, 6.45) is 2.73. The Hall–Kier alpha value is -2.18. The molecule has 0 saturated carbocycles. The number of nitrogens with zero attached hydrogens (tertiary/aromatic N) is 2. The third kappa shape index (κ3) is 3.91. The first-order valence-electron chi connectivity index (χ1n) is 6.91. The Labute approximate surface area is 120 Å². The number of aromatic nitrogens is 1. The van der Waals surface area contributed by atoms with Gasteiger partial charge < -0.3 is 5.32 Å². The van der Waals surface area contributed by atoms with E-state index in [0.29, 0.717) is 18.2 Å². The van der Waals surface area contributed by atoms with Gasteiger partial charge in [-0.05, 0) is 30.5 Å². The molecular weight excluding hydrogens is 246 g/mol. The third-order valence-corrected chi connectivity index (χ3v) is 3.44. The van der Waals surface area contributed by atoms with E-state index in [9.17, 15) is 0 Å². The van der Waals surface area contributed by atoms with Crippen LogP contribution in [0.4, 0.5) is 0 Å². The number of nitrogens with one attached hydrogen (secondary N) is 1. The van der Waals surface area contributed by atoms with Gasteiger partial charge in [-0.1, -0.05) is 43.3 Å². The van der Waals surface area contributed by atoms with E-state index < -0.39 is 0 Å². The van der Waals surface area contributed by atoms with Crippen LogP contribution in [-0.2, 0) is 6.54 Å². The monoisotopic (exact) mass is 265 g/mol. The summed E-state index contributed by atoms with van der Waals surface area (Å²) in [6, 6.07) is 16.5. The van der Waals surface area contributed by atoms with Crippen LogP contribution in [0.25, 0.3) is 0 Å². The Kier molecular flexibility index (Phi) is 5.28. The number of pyridine rings is 1. The molecule has 3 heteroatoms. The van der Waals surface area contributed by atoms with Crippen LogP contribution < -0.4 is 5.32 Å². The van der Waals surface area contributed by atoms with Crippen LogP contribution in [0.3, 0.4) is 0 Å². The minimum atomic E-state index is 0.510. The van der Waals surface area contributed by atoms with E-state index in [1.165, 1.54) is 5.56 Å². The Morgan fingerprint density at radius 3 is 2.75 bits per heavy atom. The van der Waals surface area contributed by atoms with Gasteiger partial charge >= 0.3 is 0 Å². The van der Waals surface area contributed by atoms with Crippen molar-refractivity contribution in [3.05, 3.63) is 65.5 Å². The summed E-state index contributed by atoms with van der Waals surface area (Å²) in [4.78, 5) is 4.06. The van der Waals surface area contributed by atoms with Gasteiger partial charge in [0, 0.05) is 18.3 Å². The highest BCUT2D eigenvalue weighted by Gasteiger charge is 2.05. The molecule has 0 bridgehead atoms. The van der Waals surface area contributed by atoms with E-state index in [0.717, 1.165) is 18.5 Å². The first-order chi connectivity index (χ1) is 9.81. The highest BCUT2D eigenvalue weighted by Crippen LogP contribution is 2.17. The minimum absolute atomic E-state index is 0.510. The number of hydrogen-bond donors (Lipinski definition) is 1. The molecule has 1 aromatic heterocycles. The molecule has 0 aliphatic heterocycles. The molecule has 20 heavy (non-hydrogen) atoms. The van der Waals surface area contributed by atoms with Gasteiger partial charge in [0.25, 0.3) is 0 Å². The maximum atomic E-state index is 8.97. The topological polar surface area (TPSA) is 48.7 Å². The zero-order valence-corrected chi connectivity index (χ0v) is 11.7. The quantitative estimate of drug-likeness (QED) is 0.816. The van der Waals surface area contributed by atoms with Crippen molar-refractivity contribution >= 4 is 0 Å². The molecule has 2 aromatic rings. The van der Waals surface area contributed by atoms with Gasteiger partial charge in [-0.15, -0.1) is 0 Å². The Balaban J connectivity index is 1.78. The smallest absolute Gasteiger partial charge is 0.144 e. The van der Waals surface area contributed by atoms with Crippen molar-refractivity contribution in [3.8, 4) is 6.07 Å². The molecule has 0 amide bonds. The highest BCUT2D eigenvalue weighted by atomic mass is 14.9. The van der Waals surface area contributed by atoms with Gasteiger partial charge in [-0.3, -0.25) is 0 Å². The molecule has 0 aliphatic carbocycles. The van der Waals surface area contributed by atoms with Crippen LogP contribution in [0.5, 0.6) is 0 Å². The van der Waals surface area contributed by atoms with Gasteiger partial charge in [0.15, 0.2) is 0 Å². The van der Waals surface area contributed by atoms with Gasteiger partial charge in [0.1, 0.15) is 11.8 Å². The van der Waals surface area contributed by atoms with Crippen LogP contribution >= 0.6 is 0 Å². The van der Waals surface area contributed by atoms with E-state index in [2.05, 4.69) is 47.6 Å². The Bertz CT molecular complexity index is 572. The molecule has 1 aromatic carbocycles. The lowest BCUT2D eigenvalue weighted by Gasteiger charge is -2.12. The zero-order chi connectivity index (χ0) is 14.2. The first kappa shape index (κ1) is 14.2. The summed E-state index contributed by atoms with van der Waals surface area (Å²) in [7, 11) is 0. The number of rotatable bonds is 6. The summed E-state index contributed by atoms with van der Waals surface area (Å²) in [5.74, 6) is 0.535. The van der Waals surface area contributed by atoms with Crippen molar-refractivity contribution in [2.45, 2.75) is 25.8 Å². The van der Waals surface area contributed by atoms with Crippen molar-refractivity contribution in [2.24, 2.45) is 0 Å². The highest BCUT2D eigenvalue weighted by molar-refractivity contribution is 5.30. The number of nitriles is 1. The Morgan fingerprint density at radius 2 is 2.00 bits per heavy atom. The predicted octanol–water partition coefficient (Wildman–Crippen LogP) is 3.24. The second kappa shape index (κ2) is 7.42. The van der Waals surface area contributed by atoms with Crippen molar-refractivity contribution in [2.75, 3.05) is 6.54 Å². The van der Waals surface area contributed by atoms with Crippen LogP contribution in [0, 0.1) is 11.3 Å². The van der Waals surface area contributed by atoms with E-state index >= 15 is 0 Å². The molecule has 0 aliphatic rings. The molecule has 1 atom stereocenters. The van der Waals surface area contributed by atoms with Gasteiger partial charge in [0.05, 0.1) is 0 Å². The fraction of sp³-hybridized carbons (Fsp3) is 0.294. The van der Waals surface area contributed by atoms with Crippen LogP contribution in [-0.4, -0.2) is 11.5 Å². The van der Waals surface area contributed by atoms with Crippen molar-refractivity contribution < 1.29 is 0 Å². The largest absolute Gasteiger partial charge is 0.313 e. The van der Waals surface area contributed by atoms with Crippen LogP contribution in [0.15, 0.2) is 48.7 Å². The molecule has 0 saturated heterocycles. The van der Waals surface area contributed by atoms with Crippen LogP contribution in [0.1, 0.15) is 36.1 Å². The lowest BCUT2D eigenvalue weighted by Crippen LogP contribution is -2.17. The minimum Gasteiger partial charge on any atom is -0.313 e. The predicted molar refractivity (Wildman–Crippen MR) is 80.1 cm³/mol. The first-order valence-corrected chi connectivity index (χ1v) is 6.91. The molecule has 1 N–H and O–H groups in total. The van der Waals surface area contributed by atoms with Gasteiger partial charge in [-0.25, -0.2) is 4.98 Å². The fourth-order valence-electron chi connectivity index (χ4n) is 2.17. The molecule has 3 nitrogen and oxygen atoms in total. The lowest BCUT2D eigenvalue weighted by molar-refractivity contribution is 0.593. The third-order valence-electron chi connectivity index (χ3n) is 3.44. The molecule has 102 valence electrons. The average molecular weight is 265 g/mol. The fourth-order valence-corrected chi connectivity index (χ4v) is 2.17. The SMILES string of the molecule is CC(CCNCc1cccnc1C#N)c1ccccc1. The summed E-state index contributed by atoms with van der Waals surface area (Å²) >= 11 is 0. The molecular formula is C17H19N3. The van der Waals surface area contributed by atoms with Crippen molar-refractivity contribution in [1.82, 2.24) is 10.3 Å². The van der Waals surface area contributed by atoms with Crippen molar-refractivity contribution in [3.63, 3.8) is 0 Å². The number of hydrogen-bond acceptors (Lipinski definition) is 3. The molecule has 0 fully saturated rings. The summed E-state index contributed by atoms with van der Waals surface area (Å²) in [5, 5.41) is 12.4. The Morgan fingerprint density at radius 1 is 1.20 bits per heavy atom. The molecule has 0 radical (unpaired) electrons. The van der Waals surface area contributed by atoms with Crippen molar-refractivity contribution in [1.29, 1.82) is 5.26 Å². The summed E-state index contributed by atoms with van der Waals surface area (Å²) < 4.78 is 0. The van der Waals surface area contributed by atoms with E-state index in [4.69, 9.17) is 5.26 Å². The van der Waals surface area contributed by atoms with Gasteiger partial charge in [0.2, 0.25) is 0 Å². The standard InChI is InChI=1S/C17H19N3/c1-14(15-6-3-2-4-7-15)9-11-19-13-16-8-5-10-20-17(16)12-18/h2-8,10,14,19H,9,11,13H2,1H3. The van der Waals surface area contributed by atoms with E-state index in [-0.39, 0.29) is 0 Å². The molecule has 2 rings (SSSR count). The summed E-state index contributed by atoms with van der Waals surface area (Å²) in [5.41, 5.74) is 2.84. The zero-order valence-electron chi connectivity index (χ0n) is 11.7. The molecule has 0 spiro atoms. The second-order valence-electron chi connectivity index (χ2n) is 4.90. The van der Waals surface area contributed by atoms with E-state index in [1.54, 1.807) is 6.20 Å². The van der Waals surface area contributed by atoms with E-state index in [1.807, 2.05) is 18.2 Å². The average Bonchev–Trinajstić information content (AvgIpc) is 2.52.